The molecule has 0 radical (unpaired) electrons. The normalized spacial score (nSPS) is 13.8. The summed E-state index contributed by atoms with van der Waals surface area (Å²) in [6, 6.07) is 11.9. The first-order valence-corrected chi connectivity index (χ1v) is 6.64. The highest BCUT2D eigenvalue weighted by molar-refractivity contribution is 5.96. The molecule has 102 valence electrons. The number of amides is 1. The molecule has 0 spiro atoms. The highest BCUT2D eigenvalue weighted by atomic mass is 16.5. The predicted molar refractivity (Wildman–Crippen MR) is 75.9 cm³/mol. The number of benzene rings is 1. The number of hydrogen-bond donors (Lipinski definition) is 1. The van der Waals surface area contributed by atoms with Crippen LogP contribution in [0.25, 0.3) is 0 Å². The summed E-state index contributed by atoms with van der Waals surface area (Å²) in [4.78, 5) is 16.3. The number of rotatable bonds is 3. The molecule has 0 saturated heterocycles. The molecule has 0 saturated carbocycles. The highest BCUT2D eigenvalue weighted by Crippen LogP contribution is 2.22. The smallest absolute Gasteiger partial charge is 0.257 e. The van der Waals surface area contributed by atoms with Crippen LogP contribution in [0.3, 0.4) is 0 Å². The van der Waals surface area contributed by atoms with Crippen molar-refractivity contribution in [3.8, 4) is 5.88 Å². The van der Waals surface area contributed by atoms with Crippen LogP contribution in [0.4, 0.5) is 0 Å². The summed E-state index contributed by atoms with van der Waals surface area (Å²) in [5, 5.41) is 3.06. The van der Waals surface area contributed by atoms with Gasteiger partial charge in [-0.05, 0) is 36.1 Å². The standard InChI is InChI=1S/C16H16N2O2/c1-20-16-14(7-4-8-17-16)15(19)18-13-9-11-5-2-3-6-12(11)10-13/h2-8,13H,9-10H2,1H3,(H,18,19). The second kappa shape index (κ2) is 5.33. The molecule has 1 aromatic heterocycles. The monoisotopic (exact) mass is 268 g/mol. The maximum absolute atomic E-state index is 12.3. The van der Waals surface area contributed by atoms with Gasteiger partial charge < -0.3 is 10.1 Å². The SMILES string of the molecule is COc1ncccc1C(=O)NC1Cc2ccccc2C1. The van der Waals surface area contributed by atoms with Gasteiger partial charge in [0, 0.05) is 12.2 Å². The Labute approximate surface area is 117 Å². The zero-order valence-corrected chi connectivity index (χ0v) is 11.3. The summed E-state index contributed by atoms with van der Waals surface area (Å²) in [6.45, 7) is 0. The molecule has 0 aliphatic heterocycles. The van der Waals surface area contributed by atoms with E-state index in [4.69, 9.17) is 4.74 Å². The van der Waals surface area contributed by atoms with Crippen LogP contribution < -0.4 is 10.1 Å². The molecule has 20 heavy (non-hydrogen) atoms. The van der Waals surface area contributed by atoms with Gasteiger partial charge >= 0.3 is 0 Å². The first-order valence-electron chi connectivity index (χ1n) is 6.64. The maximum atomic E-state index is 12.3. The lowest BCUT2D eigenvalue weighted by atomic mass is 10.1. The second-order valence-corrected chi connectivity index (χ2v) is 4.91. The number of nitrogens with one attached hydrogen (secondary N) is 1. The lowest BCUT2D eigenvalue weighted by molar-refractivity contribution is 0.0935. The van der Waals surface area contributed by atoms with Crippen molar-refractivity contribution in [3.05, 3.63) is 59.3 Å². The Kier molecular flexibility index (Phi) is 3.37. The van der Waals surface area contributed by atoms with Gasteiger partial charge in [-0.25, -0.2) is 4.98 Å². The molecule has 0 bridgehead atoms. The van der Waals surface area contributed by atoms with E-state index in [1.807, 2.05) is 12.1 Å². The minimum absolute atomic E-state index is 0.132. The molecule has 4 heteroatoms. The van der Waals surface area contributed by atoms with Crippen LogP contribution in [0.15, 0.2) is 42.6 Å². The molecule has 1 amide bonds. The number of carbonyl (C=O) groups is 1. The van der Waals surface area contributed by atoms with Crippen molar-refractivity contribution in [1.29, 1.82) is 0 Å². The van der Waals surface area contributed by atoms with Crippen molar-refractivity contribution in [3.63, 3.8) is 0 Å². The van der Waals surface area contributed by atoms with E-state index < -0.39 is 0 Å². The van der Waals surface area contributed by atoms with E-state index in [1.54, 1.807) is 18.3 Å². The quantitative estimate of drug-likeness (QED) is 0.926. The second-order valence-electron chi connectivity index (χ2n) is 4.91. The van der Waals surface area contributed by atoms with Gasteiger partial charge in [0.25, 0.3) is 5.91 Å². The fraction of sp³-hybridized carbons (Fsp3) is 0.250. The summed E-state index contributed by atoms with van der Waals surface area (Å²) < 4.78 is 5.12. The van der Waals surface area contributed by atoms with E-state index in [-0.39, 0.29) is 11.9 Å². The predicted octanol–water partition coefficient (Wildman–Crippen LogP) is 1.99. The Morgan fingerprint density at radius 1 is 1.20 bits per heavy atom. The number of nitrogens with zero attached hydrogens (tertiary/aromatic N) is 1. The Bertz CT molecular complexity index is 615. The van der Waals surface area contributed by atoms with Gasteiger partial charge in [-0.2, -0.15) is 0 Å². The Balaban J connectivity index is 1.72. The molecule has 1 aliphatic rings. The number of fused-ring (bicyclic) bond motifs is 1. The molecular formula is C16H16N2O2. The summed E-state index contributed by atoms with van der Waals surface area (Å²) in [5.41, 5.74) is 3.11. The molecule has 0 fully saturated rings. The molecule has 2 aromatic rings. The van der Waals surface area contributed by atoms with E-state index >= 15 is 0 Å². The van der Waals surface area contributed by atoms with Crippen LogP contribution in [0.2, 0.25) is 0 Å². The molecule has 1 aromatic carbocycles. The number of hydrogen-bond acceptors (Lipinski definition) is 3. The van der Waals surface area contributed by atoms with E-state index in [2.05, 4.69) is 22.4 Å². The zero-order chi connectivity index (χ0) is 13.9. The van der Waals surface area contributed by atoms with Crippen LogP contribution in [0.1, 0.15) is 21.5 Å². The lowest BCUT2D eigenvalue weighted by Gasteiger charge is -2.13. The number of aromatic nitrogens is 1. The van der Waals surface area contributed by atoms with Crippen molar-refractivity contribution < 1.29 is 9.53 Å². The van der Waals surface area contributed by atoms with Gasteiger partial charge in [-0.1, -0.05) is 24.3 Å². The van der Waals surface area contributed by atoms with Gasteiger partial charge in [0.05, 0.1) is 7.11 Å². The van der Waals surface area contributed by atoms with Crippen LogP contribution in [-0.2, 0) is 12.8 Å². The van der Waals surface area contributed by atoms with Crippen molar-refractivity contribution in [1.82, 2.24) is 10.3 Å². The molecular weight excluding hydrogens is 252 g/mol. The van der Waals surface area contributed by atoms with Gasteiger partial charge in [0.1, 0.15) is 5.56 Å². The fourth-order valence-electron chi connectivity index (χ4n) is 2.65. The topological polar surface area (TPSA) is 51.2 Å². The minimum Gasteiger partial charge on any atom is -0.480 e. The number of ether oxygens (including phenoxy) is 1. The molecule has 1 aliphatic carbocycles. The zero-order valence-electron chi connectivity index (χ0n) is 11.3. The Morgan fingerprint density at radius 3 is 2.55 bits per heavy atom. The van der Waals surface area contributed by atoms with E-state index in [9.17, 15) is 4.79 Å². The van der Waals surface area contributed by atoms with Crippen molar-refractivity contribution in [2.75, 3.05) is 7.11 Å². The first kappa shape index (κ1) is 12.7. The van der Waals surface area contributed by atoms with Crippen LogP contribution >= 0.6 is 0 Å². The van der Waals surface area contributed by atoms with Crippen molar-refractivity contribution in [2.24, 2.45) is 0 Å². The van der Waals surface area contributed by atoms with Gasteiger partial charge in [0.2, 0.25) is 5.88 Å². The third kappa shape index (κ3) is 2.37. The van der Waals surface area contributed by atoms with E-state index in [0.717, 1.165) is 12.8 Å². The van der Waals surface area contributed by atoms with Gasteiger partial charge in [0.15, 0.2) is 0 Å². The molecule has 4 nitrogen and oxygen atoms in total. The largest absolute Gasteiger partial charge is 0.480 e. The lowest BCUT2D eigenvalue weighted by Crippen LogP contribution is -2.35. The third-order valence-corrected chi connectivity index (χ3v) is 3.60. The molecule has 1 N–H and O–H groups in total. The van der Waals surface area contributed by atoms with Crippen molar-refractivity contribution in [2.45, 2.75) is 18.9 Å². The maximum Gasteiger partial charge on any atom is 0.257 e. The van der Waals surface area contributed by atoms with Gasteiger partial charge in [-0.3, -0.25) is 4.79 Å². The van der Waals surface area contributed by atoms with E-state index in [1.165, 1.54) is 18.2 Å². The molecule has 1 heterocycles. The summed E-state index contributed by atoms with van der Waals surface area (Å²) in [7, 11) is 1.52. The average Bonchev–Trinajstić information content (AvgIpc) is 2.89. The Morgan fingerprint density at radius 2 is 1.90 bits per heavy atom. The Hall–Kier alpha value is -2.36. The van der Waals surface area contributed by atoms with Crippen LogP contribution in [0.5, 0.6) is 5.88 Å². The third-order valence-electron chi connectivity index (χ3n) is 3.60. The number of carbonyl (C=O) groups excluding carboxylic acids is 1. The summed E-state index contributed by atoms with van der Waals surface area (Å²) >= 11 is 0. The molecule has 0 atom stereocenters. The molecule has 3 rings (SSSR count). The van der Waals surface area contributed by atoms with Crippen LogP contribution in [0, 0.1) is 0 Å². The average molecular weight is 268 g/mol. The van der Waals surface area contributed by atoms with Crippen molar-refractivity contribution >= 4 is 5.91 Å². The number of methoxy groups -OCH3 is 1. The summed E-state index contributed by atoms with van der Waals surface area (Å²) in [5.74, 6) is 0.230. The number of pyridine rings is 1. The summed E-state index contributed by atoms with van der Waals surface area (Å²) in [6.07, 6.45) is 3.37. The highest BCUT2D eigenvalue weighted by Gasteiger charge is 2.24. The first-order chi connectivity index (χ1) is 9.78. The fourth-order valence-corrected chi connectivity index (χ4v) is 2.65. The van der Waals surface area contributed by atoms with Gasteiger partial charge in [-0.15, -0.1) is 0 Å². The molecule has 0 unspecified atom stereocenters. The minimum atomic E-state index is -0.132. The van der Waals surface area contributed by atoms with Crippen LogP contribution in [-0.4, -0.2) is 24.0 Å². The van der Waals surface area contributed by atoms with E-state index in [0.29, 0.717) is 11.4 Å².